The molecule has 1 fully saturated rings. The number of carboxylic acid groups (broad SMARTS) is 2. The highest BCUT2D eigenvalue weighted by Gasteiger charge is 2.37. The molecule has 0 aromatic carbocycles. The fourth-order valence-corrected chi connectivity index (χ4v) is 3.43. The number of nitrogens with one attached hydrogen (secondary N) is 1. The van der Waals surface area contributed by atoms with Gasteiger partial charge >= 0.3 is 11.9 Å². The number of β-amino-alcohol motifs (C(OH)–C–C–N with tert-alkyl or cyclic N) is 1. The Bertz CT molecular complexity index is 672. The van der Waals surface area contributed by atoms with E-state index in [-0.39, 0.29) is 19.0 Å². The first-order valence-electron chi connectivity index (χ1n) is 10.2. The van der Waals surface area contributed by atoms with Gasteiger partial charge in [0.1, 0.15) is 17.9 Å². The van der Waals surface area contributed by atoms with Crippen LogP contribution in [0.3, 0.4) is 0 Å². The van der Waals surface area contributed by atoms with Crippen molar-refractivity contribution in [2.75, 3.05) is 19.6 Å². The van der Waals surface area contributed by atoms with Crippen LogP contribution in [0, 0.1) is 0 Å². The summed E-state index contributed by atoms with van der Waals surface area (Å²) < 4.78 is 0. The zero-order valence-electron chi connectivity index (χ0n) is 16.9. The number of nitrogens with two attached hydrogens (primary N) is 2. The average molecular weight is 428 g/mol. The maximum absolute atomic E-state index is 10.8. The maximum atomic E-state index is 10.8. The number of carbonyl (C=O) groups is 2. The first-order valence-corrected chi connectivity index (χ1v) is 10.2. The van der Waals surface area contributed by atoms with Gasteiger partial charge in [0, 0.05) is 26.1 Å². The summed E-state index contributed by atoms with van der Waals surface area (Å²) in [6.07, 6.45) is 0.889. The fraction of sp³-hybridized carbons (Fsp3) is 0.778. The third kappa shape index (κ3) is 6.90. The third-order valence-electron chi connectivity index (χ3n) is 5.25. The quantitative estimate of drug-likeness (QED) is 0.179. The van der Waals surface area contributed by atoms with Crippen molar-refractivity contribution >= 4 is 23.7 Å². The Balaban J connectivity index is 1.95. The number of likely N-dealkylation sites (tertiary alicyclic amines) is 1. The number of carboxylic acids is 2. The molecule has 2 aliphatic rings. The van der Waals surface area contributed by atoms with Crippen LogP contribution in [-0.2, 0) is 9.59 Å². The van der Waals surface area contributed by atoms with Crippen LogP contribution in [0.5, 0.6) is 0 Å². The minimum Gasteiger partial charge on any atom is -0.480 e. The number of hydrogen-bond donors (Lipinski definition) is 7. The largest absolute Gasteiger partial charge is 0.480 e. The van der Waals surface area contributed by atoms with E-state index in [0.717, 1.165) is 0 Å². The molecule has 1 unspecified atom stereocenters. The first-order chi connectivity index (χ1) is 14.2. The van der Waals surface area contributed by atoms with Crippen LogP contribution >= 0.6 is 0 Å². The van der Waals surface area contributed by atoms with Crippen LogP contribution in [0.2, 0.25) is 0 Å². The molecule has 0 radical (unpaired) electrons. The number of nitrogens with zero attached hydrogens (tertiary/aromatic N) is 3. The maximum Gasteiger partial charge on any atom is 0.320 e. The molecule has 1 saturated heterocycles. The smallest absolute Gasteiger partial charge is 0.320 e. The molecule has 170 valence electrons. The van der Waals surface area contributed by atoms with Crippen molar-refractivity contribution in [1.82, 2.24) is 10.2 Å². The van der Waals surface area contributed by atoms with Gasteiger partial charge in [-0.05, 0) is 32.1 Å². The number of aliphatic hydroxyl groups excluding tert-OH is 2. The lowest BCUT2D eigenvalue weighted by Crippen LogP contribution is -2.42. The molecule has 12 heteroatoms. The Kier molecular flexibility index (Phi) is 8.96. The minimum atomic E-state index is -1.04. The zero-order valence-corrected chi connectivity index (χ0v) is 16.9. The molecule has 0 saturated carbocycles. The van der Waals surface area contributed by atoms with Crippen LogP contribution in [0.15, 0.2) is 9.98 Å². The molecule has 2 aliphatic heterocycles. The number of fused-ring (bicyclic) bond motifs is 1. The van der Waals surface area contributed by atoms with Gasteiger partial charge in [0.05, 0.1) is 18.2 Å². The predicted molar refractivity (Wildman–Crippen MR) is 109 cm³/mol. The molecular weight excluding hydrogens is 396 g/mol. The van der Waals surface area contributed by atoms with Crippen molar-refractivity contribution < 1.29 is 30.0 Å². The molecule has 2 rings (SSSR count). The van der Waals surface area contributed by atoms with E-state index in [4.69, 9.17) is 21.7 Å². The Hall–Kier alpha value is -2.28. The van der Waals surface area contributed by atoms with Crippen LogP contribution in [0.1, 0.15) is 38.5 Å². The van der Waals surface area contributed by atoms with Gasteiger partial charge in [0.25, 0.3) is 0 Å². The lowest BCUT2D eigenvalue weighted by Gasteiger charge is -2.26. The van der Waals surface area contributed by atoms with E-state index < -0.39 is 36.2 Å². The summed E-state index contributed by atoms with van der Waals surface area (Å²) in [7, 11) is 0. The molecule has 0 aromatic heterocycles. The number of guanidine groups is 1. The number of unbranched alkanes of at least 4 members (excludes halogenated alkanes) is 1. The van der Waals surface area contributed by atoms with Crippen molar-refractivity contribution in [1.29, 1.82) is 0 Å². The van der Waals surface area contributed by atoms with Crippen LogP contribution in [0.25, 0.3) is 0 Å². The van der Waals surface area contributed by atoms with Crippen molar-refractivity contribution in [3.63, 3.8) is 0 Å². The lowest BCUT2D eigenvalue weighted by atomic mass is 10.1. The summed E-state index contributed by atoms with van der Waals surface area (Å²) in [5.74, 6) is -0.996. The van der Waals surface area contributed by atoms with Gasteiger partial charge in [-0.25, -0.2) is 0 Å². The number of aliphatic hydroxyl groups is 2. The molecule has 0 amide bonds. The second kappa shape index (κ2) is 11.2. The summed E-state index contributed by atoms with van der Waals surface area (Å²) in [4.78, 5) is 32.3. The average Bonchev–Trinajstić information content (AvgIpc) is 3.04. The van der Waals surface area contributed by atoms with E-state index in [9.17, 15) is 19.8 Å². The van der Waals surface area contributed by atoms with E-state index in [1.165, 1.54) is 0 Å². The molecule has 0 aliphatic carbocycles. The van der Waals surface area contributed by atoms with Gasteiger partial charge in [-0.15, -0.1) is 0 Å². The lowest BCUT2D eigenvalue weighted by molar-refractivity contribution is -0.139. The molecule has 9 N–H and O–H groups in total. The van der Waals surface area contributed by atoms with Gasteiger partial charge in [-0.2, -0.15) is 4.99 Å². The summed E-state index contributed by atoms with van der Waals surface area (Å²) in [6.45, 7) is 1.11. The zero-order chi connectivity index (χ0) is 22.3. The fourth-order valence-electron chi connectivity index (χ4n) is 3.43. The molecule has 12 nitrogen and oxygen atoms in total. The number of rotatable bonds is 11. The second-order valence-corrected chi connectivity index (χ2v) is 7.72. The minimum absolute atomic E-state index is 0.212. The highest BCUT2D eigenvalue weighted by Crippen LogP contribution is 2.19. The molecular formula is C18H32N6O6. The van der Waals surface area contributed by atoms with Crippen molar-refractivity contribution in [3.8, 4) is 0 Å². The van der Waals surface area contributed by atoms with Crippen molar-refractivity contribution in [2.45, 2.75) is 68.9 Å². The van der Waals surface area contributed by atoms with E-state index in [1.54, 1.807) is 0 Å². The number of amidine groups is 1. The number of aliphatic carboxylic acids is 2. The normalized spacial score (nSPS) is 27.1. The van der Waals surface area contributed by atoms with Gasteiger partial charge in [-0.3, -0.25) is 14.6 Å². The number of aliphatic imine (C=N–C) groups is 2. The standard InChI is InChI=1S/C18H32N6O6/c19-10(16(27)28)4-1-2-7-24-9-14(26)13(25)8-12-15(24)23-18(22-12)21-6-3-5-11(20)17(29)30/h10-14,25-26H,1-9,19-20H2,(H,21,22)(H,27,28)(H,29,30)/t10-,11-,12?,13-,14+/m0/s1. The SMILES string of the molecule is N[C@@H](CCCCN1C[C@@H](O)[C@@H](O)CC2NC(=NCCC[C@H](N)C(=O)O)N=C21)C(=O)O. The molecule has 0 bridgehead atoms. The van der Waals surface area contributed by atoms with Crippen LogP contribution < -0.4 is 16.8 Å². The van der Waals surface area contributed by atoms with E-state index in [2.05, 4.69) is 15.3 Å². The van der Waals surface area contributed by atoms with Crippen molar-refractivity contribution in [2.24, 2.45) is 21.5 Å². The molecule has 2 heterocycles. The Morgan fingerprint density at radius 2 is 1.73 bits per heavy atom. The molecule has 5 atom stereocenters. The predicted octanol–water partition coefficient (Wildman–Crippen LogP) is -2.09. The molecule has 0 spiro atoms. The summed E-state index contributed by atoms with van der Waals surface area (Å²) in [5.41, 5.74) is 11.0. The van der Waals surface area contributed by atoms with Gasteiger partial charge in [0.2, 0.25) is 5.96 Å². The van der Waals surface area contributed by atoms with E-state index in [0.29, 0.717) is 57.0 Å². The van der Waals surface area contributed by atoms with Gasteiger partial charge < -0.3 is 42.1 Å². The summed E-state index contributed by atoms with van der Waals surface area (Å²) >= 11 is 0. The van der Waals surface area contributed by atoms with Crippen molar-refractivity contribution in [3.05, 3.63) is 0 Å². The third-order valence-corrected chi connectivity index (χ3v) is 5.25. The topological polar surface area (TPSA) is 207 Å². The van der Waals surface area contributed by atoms with Crippen LogP contribution in [-0.4, -0.2) is 99.0 Å². The number of hydrogen-bond acceptors (Lipinski definition) is 8. The molecule has 0 aromatic rings. The van der Waals surface area contributed by atoms with Gasteiger partial charge in [0.15, 0.2) is 0 Å². The monoisotopic (exact) mass is 428 g/mol. The Morgan fingerprint density at radius 1 is 1.10 bits per heavy atom. The Labute approximate surface area is 174 Å². The Morgan fingerprint density at radius 3 is 2.37 bits per heavy atom. The first kappa shape index (κ1) is 24.0. The highest BCUT2D eigenvalue weighted by molar-refractivity contribution is 6.05. The summed E-state index contributed by atoms with van der Waals surface area (Å²) in [6, 6.07) is -2.10. The van der Waals surface area contributed by atoms with E-state index in [1.807, 2.05) is 4.90 Å². The van der Waals surface area contributed by atoms with Gasteiger partial charge in [-0.1, -0.05) is 0 Å². The molecule has 30 heavy (non-hydrogen) atoms. The highest BCUT2D eigenvalue weighted by atomic mass is 16.4. The second-order valence-electron chi connectivity index (χ2n) is 7.72. The van der Waals surface area contributed by atoms with E-state index >= 15 is 0 Å². The van der Waals surface area contributed by atoms with Crippen LogP contribution in [0.4, 0.5) is 0 Å². The summed E-state index contributed by atoms with van der Waals surface area (Å²) in [5, 5.41) is 41.1.